The van der Waals surface area contributed by atoms with Gasteiger partial charge in [-0.3, -0.25) is 0 Å². The fourth-order valence-electron chi connectivity index (χ4n) is 3.46. The second-order valence-electron chi connectivity index (χ2n) is 7.56. The van der Waals surface area contributed by atoms with E-state index >= 15 is 0 Å². The fraction of sp³-hybridized carbons (Fsp3) is 1.00. The van der Waals surface area contributed by atoms with E-state index in [4.69, 9.17) is 14.2 Å². The smallest absolute Gasteiger partial charge is 0.114 e. The molecule has 1 N–H and O–H groups in total. The first-order chi connectivity index (χ1) is 12.2. The zero-order valence-electron chi connectivity index (χ0n) is 17.0. The molecule has 0 aromatic rings. The van der Waals surface area contributed by atoms with Crippen LogP contribution in [0.2, 0.25) is 0 Å². The van der Waals surface area contributed by atoms with Crippen LogP contribution in [0.25, 0.3) is 0 Å². The second kappa shape index (κ2) is 14.0. The summed E-state index contributed by atoms with van der Waals surface area (Å²) in [7, 11) is 0. The topological polar surface area (TPSA) is 47.9 Å². The third-order valence-corrected chi connectivity index (χ3v) is 5.54. The molecule has 0 aromatic carbocycles. The van der Waals surface area contributed by atoms with Crippen LogP contribution in [0.3, 0.4) is 0 Å². The summed E-state index contributed by atoms with van der Waals surface area (Å²) in [6.07, 6.45) is 9.27. The minimum Gasteiger partial charge on any atom is -0.394 e. The molecule has 0 aromatic heterocycles. The molecule has 4 nitrogen and oxygen atoms in total. The number of ether oxygens (including phenoxy) is 3. The number of rotatable bonds is 15. The molecule has 0 saturated carbocycles. The molecular weight excluding hydrogens is 316 g/mol. The molecular formula is C21H42O4. The van der Waals surface area contributed by atoms with Crippen LogP contribution in [0.15, 0.2) is 0 Å². The Kier molecular flexibility index (Phi) is 12.8. The van der Waals surface area contributed by atoms with E-state index in [1.165, 1.54) is 38.5 Å². The average Bonchev–Trinajstić information content (AvgIpc) is 3.04. The molecule has 1 aliphatic heterocycles. The number of hydrogen-bond donors (Lipinski definition) is 1. The highest BCUT2D eigenvalue weighted by Gasteiger charge is 2.39. The Morgan fingerprint density at radius 2 is 1.48 bits per heavy atom. The van der Waals surface area contributed by atoms with Gasteiger partial charge < -0.3 is 19.3 Å². The summed E-state index contributed by atoms with van der Waals surface area (Å²) in [5.41, 5.74) is 0. The lowest BCUT2D eigenvalue weighted by molar-refractivity contribution is -0.0859. The molecule has 0 radical (unpaired) electrons. The predicted octanol–water partition coefficient (Wildman–Crippen LogP) is 4.58. The van der Waals surface area contributed by atoms with Crippen molar-refractivity contribution in [2.75, 3.05) is 26.4 Å². The summed E-state index contributed by atoms with van der Waals surface area (Å²) in [6, 6.07) is 0. The van der Waals surface area contributed by atoms with Crippen LogP contribution in [0.5, 0.6) is 0 Å². The summed E-state index contributed by atoms with van der Waals surface area (Å²) in [5, 5.41) is 9.60. The van der Waals surface area contributed by atoms with Gasteiger partial charge in [0, 0.05) is 0 Å². The van der Waals surface area contributed by atoms with Gasteiger partial charge in [-0.25, -0.2) is 0 Å². The van der Waals surface area contributed by atoms with Crippen molar-refractivity contribution in [3.8, 4) is 0 Å². The molecule has 1 fully saturated rings. The van der Waals surface area contributed by atoms with Crippen LogP contribution in [0.4, 0.5) is 0 Å². The third kappa shape index (κ3) is 8.38. The Balaban J connectivity index is 2.48. The minimum absolute atomic E-state index is 0.00329. The van der Waals surface area contributed by atoms with Gasteiger partial charge >= 0.3 is 0 Å². The predicted molar refractivity (Wildman–Crippen MR) is 103 cm³/mol. The molecule has 25 heavy (non-hydrogen) atoms. The molecule has 0 amide bonds. The first-order valence-corrected chi connectivity index (χ1v) is 10.7. The van der Waals surface area contributed by atoms with Crippen molar-refractivity contribution < 1.29 is 19.3 Å². The zero-order valence-corrected chi connectivity index (χ0v) is 17.0. The minimum atomic E-state index is -0.246. The van der Waals surface area contributed by atoms with E-state index in [1.807, 2.05) is 0 Å². The van der Waals surface area contributed by atoms with Gasteiger partial charge in [-0.2, -0.15) is 0 Å². The zero-order chi connectivity index (χ0) is 18.5. The molecule has 1 heterocycles. The van der Waals surface area contributed by atoms with Crippen molar-refractivity contribution in [2.24, 2.45) is 11.8 Å². The van der Waals surface area contributed by atoms with Crippen molar-refractivity contribution in [2.45, 2.75) is 97.4 Å². The van der Waals surface area contributed by atoms with Crippen LogP contribution < -0.4 is 0 Å². The van der Waals surface area contributed by atoms with Gasteiger partial charge in [0.05, 0.1) is 26.4 Å². The molecule has 4 heteroatoms. The molecule has 0 bridgehead atoms. The van der Waals surface area contributed by atoms with Crippen LogP contribution in [0, 0.1) is 11.8 Å². The highest BCUT2D eigenvalue weighted by atomic mass is 16.6. The molecule has 0 spiro atoms. The van der Waals surface area contributed by atoms with Crippen molar-refractivity contribution in [1.82, 2.24) is 0 Å². The Hall–Kier alpha value is -0.160. The van der Waals surface area contributed by atoms with Crippen molar-refractivity contribution in [3.63, 3.8) is 0 Å². The summed E-state index contributed by atoms with van der Waals surface area (Å²) in [6.45, 7) is 11.0. The van der Waals surface area contributed by atoms with Crippen molar-refractivity contribution in [3.05, 3.63) is 0 Å². The highest BCUT2D eigenvalue weighted by Crippen LogP contribution is 2.24. The molecule has 1 aliphatic rings. The summed E-state index contributed by atoms with van der Waals surface area (Å²) >= 11 is 0. The third-order valence-electron chi connectivity index (χ3n) is 5.54. The normalized spacial score (nSPS) is 26.0. The van der Waals surface area contributed by atoms with Gasteiger partial charge in [-0.1, -0.05) is 66.2 Å². The lowest BCUT2D eigenvalue weighted by Gasteiger charge is -2.26. The number of hydrogen-bond acceptors (Lipinski definition) is 4. The molecule has 1 saturated heterocycles. The van der Waals surface area contributed by atoms with E-state index in [2.05, 4.69) is 27.7 Å². The van der Waals surface area contributed by atoms with Crippen LogP contribution in [-0.4, -0.2) is 49.8 Å². The largest absolute Gasteiger partial charge is 0.394 e. The first-order valence-electron chi connectivity index (χ1n) is 10.7. The SMILES string of the molecule is CCCCC(CC)CO[C@@H]1[C@H](CO)OC[C@H]1OCC(CC)CCCC. The Morgan fingerprint density at radius 1 is 0.920 bits per heavy atom. The van der Waals surface area contributed by atoms with Crippen LogP contribution >= 0.6 is 0 Å². The van der Waals surface area contributed by atoms with Gasteiger partial charge in [0.2, 0.25) is 0 Å². The van der Waals surface area contributed by atoms with Gasteiger partial charge in [0.1, 0.15) is 18.3 Å². The van der Waals surface area contributed by atoms with Gasteiger partial charge in [-0.15, -0.1) is 0 Å². The van der Waals surface area contributed by atoms with E-state index in [0.29, 0.717) is 18.4 Å². The standard InChI is InChI=1S/C21H42O4/c1-5-9-11-17(7-3)14-23-20-16-24-19(13-22)21(20)25-15-18(8-4)12-10-6-2/h17-22H,5-16H2,1-4H3/t17?,18?,19-,20+,21+/m0/s1. The Labute approximate surface area is 155 Å². The van der Waals surface area contributed by atoms with E-state index in [-0.39, 0.29) is 24.9 Å². The Morgan fingerprint density at radius 3 is 1.96 bits per heavy atom. The van der Waals surface area contributed by atoms with Gasteiger partial charge in [0.25, 0.3) is 0 Å². The summed E-state index contributed by atoms with van der Waals surface area (Å²) in [5.74, 6) is 1.20. The highest BCUT2D eigenvalue weighted by molar-refractivity contribution is 4.86. The number of aliphatic hydroxyl groups excluding tert-OH is 1. The monoisotopic (exact) mass is 358 g/mol. The van der Waals surface area contributed by atoms with Gasteiger partial charge in [-0.05, 0) is 24.7 Å². The summed E-state index contributed by atoms with van der Waals surface area (Å²) < 4.78 is 18.1. The fourth-order valence-corrected chi connectivity index (χ4v) is 3.46. The van der Waals surface area contributed by atoms with Crippen LogP contribution in [-0.2, 0) is 14.2 Å². The molecule has 1 rings (SSSR count). The molecule has 0 aliphatic carbocycles. The lowest BCUT2D eigenvalue weighted by atomic mass is 10.00. The molecule has 150 valence electrons. The quantitative estimate of drug-likeness (QED) is 0.465. The molecule has 5 atom stereocenters. The maximum atomic E-state index is 9.60. The van der Waals surface area contributed by atoms with E-state index in [0.717, 1.165) is 26.1 Å². The average molecular weight is 359 g/mol. The van der Waals surface area contributed by atoms with Gasteiger partial charge in [0.15, 0.2) is 0 Å². The summed E-state index contributed by atoms with van der Waals surface area (Å²) in [4.78, 5) is 0. The maximum Gasteiger partial charge on any atom is 0.114 e. The van der Waals surface area contributed by atoms with Crippen molar-refractivity contribution in [1.29, 1.82) is 0 Å². The van der Waals surface area contributed by atoms with E-state index < -0.39 is 0 Å². The van der Waals surface area contributed by atoms with E-state index in [1.54, 1.807) is 0 Å². The number of unbranched alkanes of at least 4 members (excludes halogenated alkanes) is 2. The second-order valence-corrected chi connectivity index (χ2v) is 7.56. The lowest BCUT2D eigenvalue weighted by Crippen LogP contribution is -2.38. The van der Waals surface area contributed by atoms with E-state index in [9.17, 15) is 5.11 Å². The van der Waals surface area contributed by atoms with Crippen LogP contribution in [0.1, 0.15) is 79.1 Å². The Bertz CT molecular complexity index is 310. The number of aliphatic hydroxyl groups is 1. The van der Waals surface area contributed by atoms with Crippen molar-refractivity contribution >= 4 is 0 Å². The first kappa shape index (κ1) is 22.9. The maximum absolute atomic E-state index is 9.60. The molecule has 2 unspecified atom stereocenters.